The Hall–Kier alpha value is -1.72. The molecule has 0 aliphatic heterocycles. The van der Waals surface area contributed by atoms with Crippen molar-refractivity contribution in [1.29, 1.82) is 0 Å². The van der Waals surface area contributed by atoms with Gasteiger partial charge in [0.2, 0.25) is 0 Å². The molecule has 1 rings (SSSR count). The van der Waals surface area contributed by atoms with Gasteiger partial charge >= 0.3 is 12.1 Å². The van der Waals surface area contributed by atoms with Crippen LogP contribution in [0.15, 0.2) is 18.2 Å². The molecule has 0 unspecified atom stereocenters. The van der Waals surface area contributed by atoms with Crippen molar-refractivity contribution in [3.05, 3.63) is 29.3 Å². The number of carboxylic acid groups (broad SMARTS) is 1. The third-order valence-corrected chi connectivity index (χ3v) is 2.24. The quantitative estimate of drug-likeness (QED) is 0.887. The second kappa shape index (κ2) is 5.75. The molecule has 0 aliphatic carbocycles. The Morgan fingerprint density at radius 3 is 2.56 bits per heavy atom. The normalized spacial score (nSPS) is 11.3. The van der Waals surface area contributed by atoms with Gasteiger partial charge in [0.15, 0.2) is 0 Å². The van der Waals surface area contributed by atoms with Crippen LogP contribution in [0.4, 0.5) is 13.2 Å². The van der Waals surface area contributed by atoms with E-state index in [4.69, 9.17) is 9.84 Å². The second-order valence-corrected chi connectivity index (χ2v) is 3.88. The topological polar surface area (TPSA) is 46.5 Å². The van der Waals surface area contributed by atoms with Gasteiger partial charge < -0.3 is 9.84 Å². The van der Waals surface area contributed by atoms with Gasteiger partial charge in [0.25, 0.3) is 0 Å². The molecule has 1 aromatic carbocycles. The summed E-state index contributed by atoms with van der Waals surface area (Å²) < 4.78 is 40.8. The lowest BCUT2D eigenvalue weighted by Crippen LogP contribution is -2.13. The summed E-state index contributed by atoms with van der Waals surface area (Å²) in [4.78, 5) is 10.5. The molecule has 0 aromatic heterocycles. The van der Waals surface area contributed by atoms with Crippen LogP contribution in [-0.2, 0) is 11.2 Å². The van der Waals surface area contributed by atoms with E-state index in [1.54, 1.807) is 13.0 Å². The fraction of sp³-hybridized carbons (Fsp3) is 0.417. The van der Waals surface area contributed by atoms with Crippen molar-refractivity contribution in [2.45, 2.75) is 25.9 Å². The van der Waals surface area contributed by atoms with Crippen molar-refractivity contribution < 1.29 is 27.8 Å². The molecule has 0 saturated heterocycles. The van der Waals surface area contributed by atoms with Gasteiger partial charge in [-0.15, -0.1) is 0 Å². The standard InChI is InChI=1S/C12H13F3O3/c1-8-6-9(7-11(16)17)2-3-10(8)18-5-4-12(13,14)15/h2-3,6H,4-5,7H2,1H3,(H,16,17). The van der Waals surface area contributed by atoms with E-state index >= 15 is 0 Å². The van der Waals surface area contributed by atoms with Gasteiger partial charge in [-0.1, -0.05) is 12.1 Å². The number of carbonyl (C=O) groups is 1. The number of hydrogen-bond donors (Lipinski definition) is 1. The van der Waals surface area contributed by atoms with Crippen LogP contribution >= 0.6 is 0 Å². The molecule has 1 aromatic rings. The van der Waals surface area contributed by atoms with Crippen molar-refractivity contribution in [3.8, 4) is 5.75 Å². The lowest BCUT2D eigenvalue weighted by Gasteiger charge is -2.11. The number of rotatable bonds is 5. The third kappa shape index (κ3) is 5.07. The zero-order valence-electron chi connectivity index (χ0n) is 9.75. The van der Waals surface area contributed by atoms with Crippen molar-refractivity contribution in [2.75, 3.05) is 6.61 Å². The number of aryl methyl sites for hydroxylation is 1. The van der Waals surface area contributed by atoms with E-state index in [-0.39, 0.29) is 6.42 Å². The molecule has 0 bridgehead atoms. The molecule has 100 valence electrons. The average molecular weight is 262 g/mol. The van der Waals surface area contributed by atoms with Crippen molar-refractivity contribution in [1.82, 2.24) is 0 Å². The lowest BCUT2D eigenvalue weighted by molar-refractivity contribution is -0.139. The Labute approximate surface area is 102 Å². The monoisotopic (exact) mass is 262 g/mol. The summed E-state index contributed by atoms with van der Waals surface area (Å²) in [6.07, 6.45) is -5.37. The largest absolute Gasteiger partial charge is 0.493 e. The highest BCUT2D eigenvalue weighted by Gasteiger charge is 2.26. The first-order valence-corrected chi connectivity index (χ1v) is 5.29. The van der Waals surface area contributed by atoms with Crippen molar-refractivity contribution in [2.24, 2.45) is 0 Å². The molecular formula is C12H13F3O3. The molecule has 0 radical (unpaired) electrons. The Morgan fingerprint density at radius 2 is 2.06 bits per heavy atom. The van der Waals surface area contributed by atoms with Gasteiger partial charge in [-0.25, -0.2) is 0 Å². The first-order chi connectivity index (χ1) is 8.28. The van der Waals surface area contributed by atoms with E-state index in [0.29, 0.717) is 16.9 Å². The first-order valence-electron chi connectivity index (χ1n) is 5.29. The molecular weight excluding hydrogens is 249 g/mol. The maximum atomic E-state index is 11.9. The Morgan fingerprint density at radius 1 is 1.39 bits per heavy atom. The van der Waals surface area contributed by atoms with Crippen LogP contribution in [0.5, 0.6) is 5.75 Å². The van der Waals surface area contributed by atoms with Gasteiger partial charge in [0.1, 0.15) is 5.75 Å². The fourth-order valence-electron chi connectivity index (χ4n) is 1.43. The number of hydrogen-bond acceptors (Lipinski definition) is 2. The van der Waals surface area contributed by atoms with Gasteiger partial charge in [-0.3, -0.25) is 4.79 Å². The molecule has 6 heteroatoms. The number of halogens is 3. The first kappa shape index (κ1) is 14.3. The minimum absolute atomic E-state index is 0.121. The summed E-state index contributed by atoms with van der Waals surface area (Å²) in [6.45, 7) is 1.22. The van der Waals surface area contributed by atoms with Crippen LogP contribution in [-0.4, -0.2) is 23.9 Å². The fourth-order valence-corrected chi connectivity index (χ4v) is 1.43. The van der Waals surface area contributed by atoms with Gasteiger partial charge in [-0.05, 0) is 24.1 Å². The number of benzene rings is 1. The summed E-state index contributed by atoms with van der Waals surface area (Å²) in [6, 6.07) is 4.62. The van der Waals surface area contributed by atoms with Crippen LogP contribution in [0.2, 0.25) is 0 Å². The highest BCUT2D eigenvalue weighted by molar-refractivity contribution is 5.70. The third-order valence-electron chi connectivity index (χ3n) is 2.24. The summed E-state index contributed by atoms with van der Waals surface area (Å²) >= 11 is 0. The average Bonchev–Trinajstić information content (AvgIpc) is 2.18. The van der Waals surface area contributed by atoms with Crippen LogP contribution in [0.25, 0.3) is 0 Å². The summed E-state index contributed by atoms with van der Waals surface area (Å²) in [7, 11) is 0. The molecule has 0 amide bonds. The van der Waals surface area contributed by atoms with Crippen LogP contribution in [0.1, 0.15) is 17.5 Å². The maximum Gasteiger partial charge on any atom is 0.392 e. The van der Waals surface area contributed by atoms with E-state index in [1.165, 1.54) is 12.1 Å². The number of ether oxygens (including phenoxy) is 1. The highest BCUT2D eigenvalue weighted by Crippen LogP contribution is 2.23. The van der Waals surface area contributed by atoms with Crippen molar-refractivity contribution in [3.63, 3.8) is 0 Å². The number of carboxylic acids is 1. The molecule has 0 atom stereocenters. The summed E-state index contributed by atoms with van der Waals surface area (Å²) in [5.74, 6) is -0.617. The number of aliphatic carboxylic acids is 1. The van der Waals surface area contributed by atoms with Gasteiger partial charge in [0.05, 0.1) is 19.4 Å². The van der Waals surface area contributed by atoms with Crippen LogP contribution < -0.4 is 4.74 Å². The van der Waals surface area contributed by atoms with Crippen molar-refractivity contribution >= 4 is 5.97 Å². The van der Waals surface area contributed by atoms with E-state index in [1.807, 2.05) is 0 Å². The Balaban J connectivity index is 2.60. The van der Waals surface area contributed by atoms with E-state index in [0.717, 1.165) is 0 Å². The Bertz CT molecular complexity index is 427. The second-order valence-electron chi connectivity index (χ2n) is 3.88. The summed E-state index contributed by atoms with van der Waals surface area (Å²) in [5.41, 5.74) is 1.21. The van der Waals surface area contributed by atoms with Crippen LogP contribution in [0.3, 0.4) is 0 Å². The molecule has 0 aliphatic rings. The molecule has 0 fully saturated rings. The van der Waals surface area contributed by atoms with E-state index < -0.39 is 25.2 Å². The SMILES string of the molecule is Cc1cc(CC(=O)O)ccc1OCCC(F)(F)F. The maximum absolute atomic E-state index is 11.9. The van der Waals surface area contributed by atoms with Gasteiger partial charge in [-0.2, -0.15) is 13.2 Å². The zero-order chi connectivity index (χ0) is 13.8. The lowest BCUT2D eigenvalue weighted by atomic mass is 10.1. The molecule has 3 nitrogen and oxygen atoms in total. The number of alkyl halides is 3. The molecule has 18 heavy (non-hydrogen) atoms. The van der Waals surface area contributed by atoms with E-state index in [2.05, 4.69) is 0 Å². The molecule has 0 heterocycles. The molecule has 1 N–H and O–H groups in total. The summed E-state index contributed by atoms with van der Waals surface area (Å²) in [5, 5.41) is 8.60. The minimum Gasteiger partial charge on any atom is -0.493 e. The Kier molecular flexibility index (Phi) is 4.58. The smallest absolute Gasteiger partial charge is 0.392 e. The predicted molar refractivity (Wildman–Crippen MR) is 58.7 cm³/mol. The minimum atomic E-state index is -4.24. The van der Waals surface area contributed by atoms with E-state index in [9.17, 15) is 18.0 Å². The highest BCUT2D eigenvalue weighted by atomic mass is 19.4. The van der Waals surface area contributed by atoms with Gasteiger partial charge in [0, 0.05) is 0 Å². The molecule has 0 spiro atoms. The predicted octanol–water partition coefficient (Wildman–Crippen LogP) is 2.95. The van der Waals surface area contributed by atoms with Crippen LogP contribution in [0, 0.1) is 6.92 Å². The zero-order valence-corrected chi connectivity index (χ0v) is 9.75. The molecule has 0 saturated carbocycles.